The van der Waals surface area contributed by atoms with Crippen molar-refractivity contribution in [3.05, 3.63) is 66.7 Å². The molecule has 6 N–H and O–H groups in total. The molecule has 4 aromatic rings. The SMILES string of the molecule is Nc1ccc(C(=O)Oc2ccccc2)c(O)c1.Nc1ncnc2nc[nH]c12. The number of hydrogen-bond donors (Lipinski definition) is 4. The number of carbonyl (C=O) groups excluding carboxylic acids is 1. The van der Waals surface area contributed by atoms with Gasteiger partial charge in [0.05, 0.1) is 6.33 Å². The minimum atomic E-state index is -0.617. The summed E-state index contributed by atoms with van der Waals surface area (Å²) in [6.07, 6.45) is 2.92. The zero-order valence-corrected chi connectivity index (χ0v) is 14.0. The highest BCUT2D eigenvalue weighted by molar-refractivity contribution is 5.94. The molecule has 0 saturated heterocycles. The van der Waals surface area contributed by atoms with Crippen LogP contribution in [0, 0.1) is 0 Å². The lowest BCUT2D eigenvalue weighted by atomic mass is 10.2. The molecule has 0 aliphatic rings. The first-order chi connectivity index (χ1) is 13.0. The van der Waals surface area contributed by atoms with E-state index in [0.29, 0.717) is 28.4 Å². The van der Waals surface area contributed by atoms with Gasteiger partial charge in [-0.05, 0) is 24.3 Å². The molecular formula is C18H16N6O3. The third kappa shape index (κ3) is 4.28. The molecule has 0 saturated carbocycles. The Balaban J connectivity index is 0.000000177. The van der Waals surface area contributed by atoms with Crippen molar-refractivity contribution in [3.8, 4) is 11.5 Å². The van der Waals surface area contributed by atoms with E-state index >= 15 is 0 Å². The number of nitrogens with two attached hydrogens (primary N) is 2. The quantitative estimate of drug-likeness (QED) is 0.240. The van der Waals surface area contributed by atoms with E-state index < -0.39 is 5.97 Å². The summed E-state index contributed by atoms with van der Waals surface area (Å²) >= 11 is 0. The van der Waals surface area contributed by atoms with E-state index in [1.807, 2.05) is 6.07 Å². The second kappa shape index (κ2) is 7.83. The molecule has 0 radical (unpaired) electrons. The number of hydrogen-bond acceptors (Lipinski definition) is 8. The molecule has 0 atom stereocenters. The number of fused-ring (bicyclic) bond motifs is 1. The Morgan fingerprint density at radius 1 is 1.04 bits per heavy atom. The number of nitrogen functional groups attached to an aromatic ring is 2. The summed E-state index contributed by atoms with van der Waals surface area (Å²) in [7, 11) is 0. The fraction of sp³-hybridized carbons (Fsp3) is 0. The maximum absolute atomic E-state index is 11.7. The average molecular weight is 364 g/mol. The molecule has 0 amide bonds. The van der Waals surface area contributed by atoms with Crippen LogP contribution in [0.5, 0.6) is 11.5 Å². The fourth-order valence-corrected chi connectivity index (χ4v) is 2.16. The van der Waals surface area contributed by atoms with E-state index in [0.717, 1.165) is 0 Å². The van der Waals surface area contributed by atoms with E-state index in [4.69, 9.17) is 16.2 Å². The molecule has 9 heteroatoms. The molecule has 0 fully saturated rings. The van der Waals surface area contributed by atoms with Crippen molar-refractivity contribution in [2.45, 2.75) is 0 Å². The van der Waals surface area contributed by atoms with Crippen LogP contribution in [0.15, 0.2) is 61.2 Å². The summed E-state index contributed by atoms with van der Waals surface area (Å²) in [5.74, 6) is 0.0517. The summed E-state index contributed by atoms with van der Waals surface area (Å²) in [4.78, 5) is 26.1. The number of para-hydroxylation sites is 1. The fourth-order valence-electron chi connectivity index (χ4n) is 2.16. The van der Waals surface area contributed by atoms with Gasteiger partial charge in [0.2, 0.25) is 0 Å². The zero-order chi connectivity index (χ0) is 19.2. The van der Waals surface area contributed by atoms with Crippen LogP contribution in [0.4, 0.5) is 11.5 Å². The Hall–Kier alpha value is -4.14. The highest BCUT2D eigenvalue weighted by Gasteiger charge is 2.13. The van der Waals surface area contributed by atoms with Gasteiger partial charge in [0.1, 0.15) is 28.9 Å². The first-order valence-electron chi connectivity index (χ1n) is 7.80. The summed E-state index contributed by atoms with van der Waals surface area (Å²) in [5.41, 5.74) is 12.7. The lowest BCUT2D eigenvalue weighted by molar-refractivity contribution is 0.0731. The maximum Gasteiger partial charge on any atom is 0.347 e. The number of nitrogens with zero attached hydrogens (tertiary/aromatic N) is 3. The highest BCUT2D eigenvalue weighted by Crippen LogP contribution is 2.22. The number of aromatic hydroxyl groups is 1. The number of nitrogens with one attached hydrogen (secondary N) is 1. The van der Waals surface area contributed by atoms with Crippen LogP contribution in [0.1, 0.15) is 10.4 Å². The number of anilines is 2. The van der Waals surface area contributed by atoms with Gasteiger partial charge >= 0.3 is 5.97 Å². The topological polar surface area (TPSA) is 153 Å². The van der Waals surface area contributed by atoms with Crippen LogP contribution >= 0.6 is 0 Å². The molecule has 0 aliphatic heterocycles. The second-order valence-corrected chi connectivity index (χ2v) is 5.34. The maximum atomic E-state index is 11.7. The molecule has 2 aromatic carbocycles. The van der Waals surface area contributed by atoms with Gasteiger partial charge in [-0.25, -0.2) is 19.7 Å². The summed E-state index contributed by atoms with van der Waals surface area (Å²) in [6.45, 7) is 0. The van der Waals surface area contributed by atoms with Crippen molar-refractivity contribution < 1.29 is 14.6 Å². The molecule has 27 heavy (non-hydrogen) atoms. The molecule has 2 aromatic heterocycles. The number of phenolic OH excluding ortho intramolecular Hbond substituents is 1. The second-order valence-electron chi connectivity index (χ2n) is 5.34. The van der Waals surface area contributed by atoms with E-state index in [1.165, 1.54) is 30.9 Å². The molecule has 9 nitrogen and oxygen atoms in total. The normalized spacial score (nSPS) is 10.1. The van der Waals surface area contributed by atoms with Crippen molar-refractivity contribution in [2.75, 3.05) is 11.5 Å². The lowest BCUT2D eigenvalue weighted by Crippen LogP contribution is -2.08. The Labute approximate surface area is 153 Å². The highest BCUT2D eigenvalue weighted by atomic mass is 16.5. The Bertz CT molecular complexity index is 1070. The van der Waals surface area contributed by atoms with Gasteiger partial charge in [-0.2, -0.15) is 0 Å². The van der Waals surface area contributed by atoms with Crippen LogP contribution in [-0.4, -0.2) is 31.0 Å². The standard InChI is InChI=1S/C13H11NO3.C5H5N5/c14-9-6-7-11(12(15)8-9)13(16)17-10-4-2-1-3-5-10;6-4-3-5(9-1-7-3)10-2-8-4/h1-8,15H,14H2;1-2H,(H3,6,7,8,9,10). The van der Waals surface area contributed by atoms with Crippen LogP contribution < -0.4 is 16.2 Å². The number of H-pyrrole nitrogens is 1. The molecule has 0 aliphatic carbocycles. The number of imidazole rings is 1. The number of aromatic amines is 1. The van der Waals surface area contributed by atoms with Gasteiger partial charge < -0.3 is 26.3 Å². The van der Waals surface area contributed by atoms with Crippen LogP contribution in [0.3, 0.4) is 0 Å². The van der Waals surface area contributed by atoms with E-state index in [1.54, 1.807) is 24.3 Å². The van der Waals surface area contributed by atoms with E-state index in [2.05, 4.69) is 19.9 Å². The average Bonchev–Trinajstić information content (AvgIpc) is 3.13. The number of rotatable bonds is 2. The summed E-state index contributed by atoms with van der Waals surface area (Å²) in [5, 5.41) is 9.56. The van der Waals surface area contributed by atoms with Gasteiger partial charge in [0.25, 0.3) is 0 Å². The number of ether oxygens (including phenoxy) is 1. The monoisotopic (exact) mass is 364 g/mol. The van der Waals surface area contributed by atoms with Gasteiger partial charge in [-0.15, -0.1) is 0 Å². The van der Waals surface area contributed by atoms with Crippen molar-refractivity contribution in [3.63, 3.8) is 0 Å². The predicted molar refractivity (Wildman–Crippen MR) is 100 cm³/mol. The number of phenols is 1. The predicted octanol–water partition coefficient (Wildman–Crippen LogP) is 2.13. The first kappa shape index (κ1) is 17.7. The van der Waals surface area contributed by atoms with Gasteiger partial charge in [0.15, 0.2) is 11.5 Å². The molecule has 4 rings (SSSR count). The molecule has 0 spiro atoms. The Kier molecular flexibility index (Phi) is 5.12. The Morgan fingerprint density at radius 2 is 1.81 bits per heavy atom. The lowest BCUT2D eigenvalue weighted by Gasteiger charge is -2.06. The van der Waals surface area contributed by atoms with Crippen molar-refractivity contribution >= 4 is 28.6 Å². The van der Waals surface area contributed by atoms with Crippen molar-refractivity contribution in [1.29, 1.82) is 0 Å². The smallest absolute Gasteiger partial charge is 0.347 e. The number of aromatic nitrogens is 4. The molecule has 2 heterocycles. The van der Waals surface area contributed by atoms with Gasteiger partial charge in [-0.1, -0.05) is 18.2 Å². The largest absolute Gasteiger partial charge is 0.507 e. The molecular weight excluding hydrogens is 348 g/mol. The van der Waals surface area contributed by atoms with Crippen molar-refractivity contribution in [2.24, 2.45) is 0 Å². The van der Waals surface area contributed by atoms with Crippen molar-refractivity contribution in [1.82, 2.24) is 19.9 Å². The third-order valence-corrected chi connectivity index (χ3v) is 3.45. The molecule has 136 valence electrons. The van der Waals surface area contributed by atoms with E-state index in [-0.39, 0.29) is 11.3 Å². The molecule has 0 unspecified atom stereocenters. The summed E-state index contributed by atoms with van der Waals surface area (Å²) < 4.78 is 5.08. The minimum absolute atomic E-state index is 0.0862. The zero-order valence-electron chi connectivity index (χ0n) is 14.0. The minimum Gasteiger partial charge on any atom is -0.507 e. The van der Waals surface area contributed by atoms with Crippen LogP contribution in [-0.2, 0) is 0 Å². The number of esters is 1. The van der Waals surface area contributed by atoms with Crippen LogP contribution in [0.25, 0.3) is 11.2 Å². The number of carbonyl (C=O) groups is 1. The van der Waals surface area contributed by atoms with E-state index in [9.17, 15) is 9.90 Å². The summed E-state index contributed by atoms with van der Waals surface area (Å²) in [6, 6.07) is 12.9. The molecule has 0 bridgehead atoms. The van der Waals surface area contributed by atoms with Crippen LogP contribution in [0.2, 0.25) is 0 Å². The first-order valence-corrected chi connectivity index (χ1v) is 7.80. The third-order valence-electron chi connectivity index (χ3n) is 3.45. The van der Waals surface area contributed by atoms with Gasteiger partial charge in [0, 0.05) is 11.8 Å². The Morgan fingerprint density at radius 3 is 2.52 bits per heavy atom. The number of benzene rings is 2. The van der Waals surface area contributed by atoms with Gasteiger partial charge in [-0.3, -0.25) is 0 Å².